The second-order valence-corrected chi connectivity index (χ2v) is 5.56. The van der Waals surface area contributed by atoms with Crippen LogP contribution in [0.5, 0.6) is 0 Å². The molecule has 0 amide bonds. The summed E-state index contributed by atoms with van der Waals surface area (Å²) in [5, 5.41) is 0. The Morgan fingerprint density at radius 1 is 0.905 bits per heavy atom. The quantitative estimate of drug-likeness (QED) is 0.539. The second kappa shape index (κ2) is 10.6. The van der Waals surface area contributed by atoms with Gasteiger partial charge in [-0.1, -0.05) is 46.5 Å². The van der Waals surface area contributed by atoms with Crippen molar-refractivity contribution in [1.29, 1.82) is 0 Å². The fraction of sp³-hybridized carbons (Fsp3) is 0.882. The Bertz CT molecular complexity index is 304. The molecule has 0 heterocycles. The van der Waals surface area contributed by atoms with Crippen LogP contribution in [-0.4, -0.2) is 25.2 Å². The Kier molecular flexibility index (Phi) is 10.1. The van der Waals surface area contributed by atoms with E-state index in [1.54, 1.807) is 20.8 Å². The number of carbonyl (C=O) groups excluding carboxylic acids is 2. The van der Waals surface area contributed by atoms with Gasteiger partial charge in [0.05, 0.1) is 24.5 Å². The van der Waals surface area contributed by atoms with Crippen molar-refractivity contribution in [1.82, 2.24) is 0 Å². The number of esters is 2. The molecular formula is C17H32O4. The van der Waals surface area contributed by atoms with E-state index in [-0.39, 0.29) is 11.9 Å². The van der Waals surface area contributed by atoms with Crippen LogP contribution in [0, 0.1) is 11.3 Å². The summed E-state index contributed by atoms with van der Waals surface area (Å²) in [4.78, 5) is 24.8. The molecule has 21 heavy (non-hydrogen) atoms. The van der Waals surface area contributed by atoms with Gasteiger partial charge in [0.25, 0.3) is 0 Å². The van der Waals surface area contributed by atoms with Crippen molar-refractivity contribution >= 4 is 11.9 Å². The molecule has 0 aliphatic carbocycles. The first-order valence-corrected chi connectivity index (χ1v) is 8.33. The number of rotatable bonds is 11. The third kappa shape index (κ3) is 5.68. The summed E-state index contributed by atoms with van der Waals surface area (Å²) in [7, 11) is 0. The van der Waals surface area contributed by atoms with Crippen molar-refractivity contribution in [3.8, 4) is 0 Å². The van der Waals surface area contributed by atoms with Gasteiger partial charge >= 0.3 is 11.9 Å². The molecule has 4 heteroatoms. The smallest absolute Gasteiger partial charge is 0.312 e. The van der Waals surface area contributed by atoms with Gasteiger partial charge in [-0.25, -0.2) is 0 Å². The van der Waals surface area contributed by atoms with Gasteiger partial charge < -0.3 is 9.47 Å². The van der Waals surface area contributed by atoms with Crippen molar-refractivity contribution in [3.63, 3.8) is 0 Å². The largest absolute Gasteiger partial charge is 0.466 e. The Labute approximate surface area is 129 Å². The highest BCUT2D eigenvalue weighted by molar-refractivity contribution is 5.85. The van der Waals surface area contributed by atoms with E-state index in [2.05, 4.69) is 13.8 Å². The number of hydrogen-bond donors (Lipinski definition) is 0. The van der Waals surface area contributed by atoms with E-state index in [0.29, 0.717) is 26.1 Å². The van der Waals surface area contributed by atoms with E-state index in [1.807, 2.05) is 0 Å². The molecular weight excluding hydrogens is 268 g/mol. The van der Waals surface area contributed by atoms with Crippen LogP contribution in [0.1, 0.15) is 73.1 Å². The second-order valence-electron chi connectivity index (χ2n) is 5.56. The van der Waals surface area contributed by atoms with E-state index in [0.717, 1.165) is 25.7 Å². The van der Waals surface area contributed by atoms with Crippen LogP contribution >= 0.6 is 0 Å². The van der Waals surface area contributed by atoms with Crippen LogP contribution < -0.4 is 0 Å². The maximum atomic E-state index is 12.6. The molecule has 0 bridgehead atoms. The van der Waals surface area contributed by atoms with Gasteiger partial charge in [0.2, 0.25) is 0 Å². The van der Waals surface area contributed by atoms with Gasteiger partial charge in [-0.05, 0) is 26.7 Å². The lowest BCUT2D eigenvalue weighted by Crippen LogP contribution is -2.43. The zero-order chi connectivity index (χ0) is 16.3. The highest BCUT2D eigenvalue weighted by Crippen LogP contribution is 2.41. The standard InChI is InChI=1S/C17H32O4/c1-6-10-12-17(13-11-7-2,16(19)21-9-4)14(5)15(18)20-8-3/h14H,6-13H2,1-5H3. The van der Waals surface area contributed by atoms with Crippen molar-refractivity contribution in [2.75, 3.05) is 13.2 Å². The van der Waals surface area contributed by atoms with Gasteiger partial charge in [-0.3, -0.25) is 9.59 Å². The van der Waals surface area contributed by atoms with E-state index in [4.69, 9.17) is 9.47 Å². The SMILES string of the molecule is CCCCC(CCCC)(C(=O)OCC)C(C)C(=O)OCC. The Hall–Kier alpha value is -1.06. The minimum Gasteiger partial charge on any atom is -0.466 e. The number of ether oxygens (including phenoxy) is 2. The highest BCUT2D eigenvalue weighted by atomic mass is 16.5. The molecule has 124 valence electrons. The first-order valence-electron chi connectivity index (χ1n) is 8.33. The molecule has 0 aliphatic heterocycles. The number of hydrogen-bond acceptors (Lipinski definition) is 4. The molecule has 0 rings (SSSR count). The van der Waals surface area contributed by atoms with E-state index >= 15 is 0 Å². The Morgan fingerprint density at radius 2 is 1.38 bits per heavy atom. The zero-order valence-electron chi connectivity index (χ0n) is 14.4. The van der Waals surface area contributed by atoms with Gasteiger partial charge in [0.15, 0.2) is 0 Å². The molecule has 0 saturated carbocycles. The molecule has 0 aromatic heterocycles. The van der Waals surface area contributed by atoms with E-state index < -0.39 is 11.3 Å². The van der Waals surface area contributed by atoms with Crippen molar-refractivity contribution in [2.45, 2.75) is 73.1 Å². The molecule has 0 saturated heterocycles. The first-order chi connectivity index (χ1) is 9.99. The molecule has 0 radical (unpaired) electrons. The van der Waals surface area contributed by atoms with Gasteiger partial charge in [0.1, 0.15) is 0 Å². The summed E-state index contributed by atoms with van der Waals surface area (Å²) in [5.74, 6) is -1.00. The summed E-state index contributed by atoms with van der Waals surface area (Å²) in [5.41, 5.74) is -0.742. The molecule has 0 aromatic rings. The van der Waals surface area contributed by atoms with Crippen LogP contribution in [0.3, 0.4) is 0 Å². The van der Waals surface area contributed by atoms with Crippen LogP contribution in [0.15, 0.2) is 0 Å². The van der Waals surface area contributed by atoms with Crippen LogP contribution in [0.4, 0.5) is 0 Å². The van der Waals surface area contributed by atoms with E-state index in [9.17, 15) is 9.59 Å². The van der Waals surface area contributed by atoms with Crippen LogP contribution in [0.2, 0.25) is 0 Å². The minimum absolute atomic E-state index is 0.243. The summed E-state index contributed by atoms with van der Waals surface area (Å²) in [6.45, 7) is 10.2. The normalized spacial score (nSPS) is 12.8. The molecule has 0 aromatic carbocycles. The number of carbonyl (C=O) groups is 2. The van der Waals surface area contributed by atoms with Gasteiger partial charge in [-0.15, -0.1) is 0 Å². The zero-order valence-corrected chi connectivity index (χ0v) is 14.4. The van der Waals surface area contributed by atoms with Gasteiger partial charge in [-0.2, -0.15) is 0 Å². The predicted octanol–water partition coefficient (Wildman–Crippen LogP) is 4.12. The van der Waals surface area contributed by atoms with Crippen molar-refractivity contribution in [3.05, 3.63) is 0 Å². The third-order valence-electron chi connectivity index (χ3n) is 4.10. The molecule has 0 fully saturated rings. The van der Waals surface area contributed by atoms with Crippen LogP contribution in [-0.2, 0) is 19.1 Å². The Balaban J connectivity index is 5.39. The topological polar surface area (TPSA) is 52.6 Å². The molecule has 4 nitrogen and oxygen atoms in total. The summed E-state index contributed by atoms with van der Waals surface area (Å²) in [6, 6.07) is 0. The molecule has 0 aliphatic rings. The maximum Gasteiger partial charge on any atom is 0.312 e. The molecule has 0 N–H and O–H groups in total. The molecule has 1 atom stereocenters. The highest BCUT2D eigenvalue weighted by Gasteiger charge is 2.47. The monoisotopic (exact) mass is 300 g/mol. The first kappa shape index (κ1) is 19.9. The maximum absolute atomic E-state index is 12.6. The lowest BCUT2D eigenvalue weighted by Gasteiger charge is -2.35. The fourth-order valence-corrected chi connectivity index (χ4v) is 2.69. The molecule has 1 unspecified atom stereocenters. The summed E-state index contributed by atoms with van der Waals surface area (Å²) < 4.78 is 10.5. The molecule has 0 spiro atoms. The summed E-state index contributed by atoms with van der Waals surface area (Å²) in [6.07, 6.45) is 5.16. The predicted molar refractivity (Wildman–Crippen MR) is 83.9 cm³/mol. The number of unbranched alkanes of at least 4 members (excludes halogenated alkanes) is 2. The lowest BCUT2D eigenvalue weighted by atomic mass is 9.69. The average Bonchev–Trinajstić information content (AvgIpc) is 2.47. The minimum atomic E-state index is -0.742. The van der Waals surface area contributed by atoms with Crippen molar-refractivity contribution < 1.29 is 19.1 Å². The average molecular weight is 300 g/mol. The summed E-state index contributed by atoms with van der Waals surface area (Å²) >= 11 is 0. The van der Waals surface area contributed by atoms with Crippen LogP contribution in [0.25, 0.3) is 0 Å². The fourth-order valence-electron chi connectivity index (χ4n) is 2.69. The lowest BCUT2D eigenvalue weighted by molar-refractivity contribution is -0.170. The van der Waals surface area contributed by atoms with Gasteiger partial charge in [0, 0.05) is 0 Å². The third-order valence-corrected chi connectivity index (χ3v) is 4.10. The Morgan fingerprint density at radius 3 is 1.76 bits per heavy atom. The van der Waals surface area contributed by atoms with E-state index in [1.165, 1.54) is 0 Å². The van der Waals surface area contributed by atoms with Crippen molar-refractivity contribution in [2.24, 2.45) is 11.3 Å².